The average Bonchev–Trinajstić information content (AvgIpc) is 3.14. The molecule has 0 spiro atoms. The molecule has 2 aromatic rings. The van der Waals surface area contributed by atoms with Crippen LogP contribution in [0.15, 0.2) is 12.4 Å². The molecule has 0 saturated heterocycles. The summed E-state index contributed by atoms with van der Waals surface area (Å²) in [6.07, 6.45) is 3.45. The van der Waals surface area contributed by atoms with Crippen LogP contribution >= 0.6 is 23.2 Å². The van der Waals surface area contributed by atoms with Gasteiger partial charge in [0.05, 0.1) is 10.6 Å². The first-order valence-corrected chi connectivity index (χ1v) is 8.45. The van der Waals surface area contributed by atoms with Gasteiger partial charge in [0.15, 0.2) is 0 Å². The molecule has 1 N–H and O–H groups in total. The Bertz CT molecular complexity index is 773. The van der Waals surface area contributed by atoms with Crippen LogP contribution in [0.25, 0.3) is 0 Å². The lowest BCUT2D eigenvalue weighted by atomic mass is 10.2. The number of carbonyl (C=O) groups excluding carboxylic acids is 1. The zero-order chi connectivity index (χ0) is 18.6. The second-order valence-electron chi connectivity index (χ2n) is 5.42. The highest BCUT2D eigenvalue weighted by atomic mass is 35.5. The molecular formula is C14H18Cl2N6O3. The number of hydrogen-bond acceptors (Lipinski definition) is 5. The molecule has 0 aliphatic carbocycles. The summed E-state index contributed by atoms with van der Waals surface area (Å²) < 4.78 is 2.89. The van der Waals surface area contributed by atoms with Crippen LogP contribution in [0.4, 0.5) is 5.69 Å². The van der Waals surface area contributed by atoms with Crippen molar-refractivity contribution in [3.05, 3.63) is 38.4 Å². The van der Waals surface area contributed by atoms with E-state index in [9.17, 15) is 14.9 Å². The second kappa shape index (κ2) is 8.30. The number of nitrogens with one attached hydrogen (secondary N) is 1. The van der Waals surface area contributed by atoms with Gasteiger partial charge in [-0.25, -0.2) is 0 Å². The van der Waals surface area contributed by atoms with Gasteiger partial charge in [-0.3, -0.25) is 24.3 Å². The first-order valence-electron chi connectivity index (χ1n) is 7.69. The van der Waals surface area contributed by atoms with Crippen LogP contribution in [0.1, 0.15) is 31.5 Å². The first-order chi connectivity index (χ1) is 11.8. The van der Waals surface area contributed by atoms with Crippen molar-refractivity contribution in [2.75, 3.05) is 6.54 Å². The summed E-state index contributed by atoms with van der Waals surface area (Å²) >= 11 is 12.0. The Kier molecular flexibility index (Phi) is 6.38. The Labute approximate surface area is 154 Å². The molecule has 0 aliphatic heterocycles. The molecule has 2 aromatic heterocycles. The third kappa shape index (κ3) is 4.49. The van der Waals surface area contributed by atoms with Gasteiger partial charge in [0.25, 0.3) is 0 Å². The molecule has 0 aromatic carbocycles. The highest BCUT2D eigenvalue weighted by molar-refractivity contribution is 6.41. The Hall–Kier alpha value is -2.13. The SMILES string of the molecule is CCC(C(=O)NCCCn1nc(C)c(Cl)c1Cl)n1cc([N+](=O)[O-])cn1. The van der Waals surface area contributed by atoms with E-state index in [1.165, 1.54) is 10.9 Å². The molecule has 11 heteroatoms. The molecule has 136 valence electrons. The number of aromatic nitrogens is 4. The van der Waals surface area contributed by atoms with Crippen molar-refractivity contribution in [3.8, 4) is 0 Å². The van der Waals surface area contributed by atoms with Crippen molar-refractivity contribution >= 4 is 34.8 Å². The fourth-order valence-electron chi connectivity index (χ4n) is 2.32. The number of rotatable bonds is 8. The van der Waals surface area contributed by atoms with E-state index >= 15 is 0 Å². The van der Waals surface area contributed by atoms with Crippen molar-refractivity contribution in [1.29, 1.82) is 0 Å². The topological polar surface area (TPSA) is 108 Å². The molecule has 2 heterocycles. The van der Waals surface area contributed by atoms with Gasteiger partial charge in [-0.05, 0) is 19.8 Å². The Morgan fingerprint density at radius 2 is 2.20 bits per heavy atom. The van der Waals surface area contributed by atoms with Gasteiger partial charge in [-0.2, -0.15) is 10.2 Å². The summed E-state index contributed by atoms with van der Waals surface area (Å²) in [5, 5.41) is 22.4. The van der Waals surface area contributed by atoms with E-state index in [4.69, 9.17) is 23.2 Å². The third-order valence-corrected chi connectivity index (χ3v) is 4.58. The maximum Gasteiger partial charge on any atom is 0.307 e. The predicted molar refractivity (Wildman–Crippen MR) is 92.8 cm³/mol. The number of halogens is 2. The Balaban J connectivity index is 1.87. The number of nitrogens with zero attached hydrogens (tertiary/aromatic N) is 5. The highest BCUT2D eigenvalue weighted by Gasteiger charge is 2.21. The number of aryl methyl sites for hydroxylation is 2. The monoisotopic (exact) mass is 388 g/mol. The van der Waals surface area contributed by atoms with Crippen LogP contribution in [0.3, 0.4) is 0 Å². The second-order valence-corrected chi connectivity index (χ2v) is 6.15. The summed E-state index contributed by atoms with van der Waals surface area (Å²) in [4.78, 5) is 22.4. The maximum absolute atomic E-state index is 12.3. The van der Waals surface area contributed by atoms with Crippen LogP contribution in [0.5, 0.6) is 0 Å². The lowest BCUT2D eigenvalue weighted by Crippen LogP contribution is -2.33. The molecule has 2 rings (SSSR count). The van der Waals surface area contributed by atoms with E-state index in [1.54, 1.807) is 11.6 Å². The molecule has 0 bridgehead atoms. The summed E-state index contributed by atoms with van der Waals surface area (Å²) in [5.41, 5.74) is 0.508. The molecule has 9 nitrogen and oxygen atoms in total. The van der Waals surface area contributed by atoms with Crippen LogP contribution < -0.4 is 5.32 Å². The van der Waals surface area contributed by atoms with Gasteiger partial charge in [0.2, 0.25) is 5.91 Å². The molecule has 0 radical (unpaired) electrons. The molecule has 0 aliphatic rings. The molecule has 0 saturated carbocycles. The van der Waals surface area contributed by atoms with Crippen LogP contribution in [-0.4, -0.2) is 36.9 Å². The lowest BCUT2D eigenvalue weighted by molar-refractivity contribution is -0.385. The molecular weight excluding hydrogens is 371 g/mol. The summed E-state index contributed by atoms with van der Waals surface area (Å²) in [6, 6.07) is -0.598. The normalized spacial score (nSPS) is 12.2. The fourth-order valence-corrected chi connectivity index (χ4v) is 2.72. The van der Waals surface area contributed by atoms with E-state index in [0.717, 1.165) is 6.20 Å². The maximum atomic E-state index is 12.3. The molecule has 1 atom stereocenters. The van der Waals surface area contributed by atoms with Gasteiger partial charge in [0.1, 0.15) is 28.6 Å². The van der Waals surface area contributed by atoms with E-state index in [-0.39, 0.29) is 11.6 Å². The van der Waals surface area contributed by atoms with Crippen molar-refractivity contribution in [3.63, 3.8) is 0 Å². The highest BCUT2D eigenvalue weighted by Crippen LogP contribution is 2.24. The molecule has 0 fully saturated rings. The van der Waals surface area contributed by atoms with Gasteiger partial charge >= 0.3 is 5.69 Å². The summed E-state index contributed by atoms with van der Waals surface area (Å²) in [7, 11) is 0. The Morgan fingerprint density at radius 1 is 1.48 bits per heavy atom. The van der Waals surface area contributed by atoms with E-state index in [2.05, 4.69) is 15.5 Å². The number of hydrogen-bond donors (Lipinski definition) is 1. The van der Waals surface area contributed by atoms with E-state index in [1.807, 2.05) is 6.92 Å². The third-order valence-electron chi connectivity index (χ3n) is 3.65. The minimum absolute atomic E-state index is 0.146. The largest absolute Gasteiger partial charge is 0.354 e. The van der Waals surface area contributed by atoms with Crippen molar-refractivity contribution < 1.29 is 9.72 Å². The zero-order valence-electron chi connectivity index (χ0n) is 13.8. The van der Waals surface area contributed by atoms with Crippen LogP contribution in [0, 0.1) is 17.0 Å². The zero-order valence-corrected chi connectivity index (χ0v) is 15.3. The van der Waals surface area contributed by atoms with Gasteiger partial charge in [-0.15, -0.1) is 0 Å². The smallest absolute Gasteiger partial charge is 0.307 e. The van der Waals surface area contributed by atoms with E-state index in [0.29, 0.717) is 41.8 Å². The van der Waals surface area contributed by atoms with Crippen LogP contribution in [-0.2, 0) is 11.3 Å². The van der Waals surface area contributed by atoms with Crippen molar-refractivity contribution in [1.82, 2.24) is 24.9 Å². The molecule has 25 heavy (non-hydrogen) atoms. The number of nitro groups is 1. The van der Waals surface area contributed by atoms with Gasteiger partial charge in [-0.1, -0.05) is 30.1 Å². The minimum atomic E-state index is -0.598. The van der Waals surface area contributed by atoms with Crippen molar-refractivity contribution in [2.45, 2.75) is 39.3 Å². The standard InChI is InChI=1S/C14H18Cl2N6O3/c1-3-11(21-8-10(7-18-21)22(24)25)14(23)17-5-4-6-20-13(16)12(15)9(2)19-20/h7-8,11H,3-6H2,1-2H3,(H,17,23). The number of carbonyl (C=O) groups is 1. The van der Waals surface area contributed by atoms with Gasteiger partial charge in [0, 0.05) is 13.1 Å². The molecule has 1 unspecified atom stereocenters. The minimum Gasteiger partial charge on any atom is -0.354 e. The first kappa shape index (κ1) is 19.2. The quantitative estimate of drug-likeness (QED) is 0.424. The lowest BCUT2D eigenvalue weighted by Gasteiger charge is -2.15. The predicted octanol–water partition coefficient (Wildman–Crippen LogP) is 2.76. The van der Waals surface area contributed by atoms with Crippen LogP contribution in [0.2, 0.25) is 10.2 Å². The summed E-state index contributed by atoms with van der Waals surface area (Å²) in [5.74, 6) is -0.249. The Morgan fingerprint density at radius 3 is 2.72 bits per heavy atom. The molecule has 1 amide bonds. The van der Waals surface area contributed by atoms with Crippen molar-refractivity contribution in [2.24, 2.45) is 0 Å². The van der Waals surface area contributed by atoms with E-state index < -0.39 is 11.0 Å². The fraction of sp³-hybridized carbons (Fsp3) is 0.500. The average molecular weight is 389 g/mol. The number of amides is 1. The summed E-state index contributed by atoms with van der Waals surface area (Å²) in [6.45, 7) is 4.50. The van der Waals surface area contributed by atoms with Gasteiger partial charge < -0.3 is 5.32 Å².